The Balaban J connectivity index is 1.52. The Hall–Kier alpha value is -2.40. The topological polar surface area (TPSA) is 60.6 Å². The van der Waals surface area contributed by atoms with Crippen molar-refractivity contribution in [3.8, 4) is 11.1 Å². The van der Waals surface area contributed by atoms with Crippen LogP contribution in [0.3, 0.4) is 0 Å². The zero-order valence-electron chi connectivity index (χ0n) is 14.9. The molecule has 3 aromatic rings. The normalized spacial score (nSPS) is 18.6. The van der Waals surface area contributed by atoms with E-state index >= 15 is 0 Å². The lowest BCUT2D eigenvalue weighted by molar-refractivity contribution is 0.195. The maximum absolute atomic E-state index is 4.45. The van der Waals surface area contributed by atoms with Gasteiger partial charge in [-0.2, -0.15) is 5.10 Å². The Morgan fingerprint density at radius 2 is 2.00 bits per heavy atom. The van der Waals surface area contributed by atoms with Crippen LogP contribution in [0.5, 0.6) is 0 Å². The van der Waals surface area contributed by atoms with Crippen LogP contribution in [0, 0.1) is 13.8 Å². The molecule has 1 fully saturated rings. The van der Waals surface area contributed by atoms with Gasteiger partial charge in [0.25, 0.3) is 0 Å². The lowest BCUT2D eigenvalue weighted by atomic mass is 9.90. The predicted octanol–water partition coefficient (Wildman–Crippen LogP) is 3.80. The molecule has 1 aliphatic rings. The lowest BCUT2D eigenvalue weighted by Gasteiger charge is -2.32. The van der Waals surface area contributed by atoms with Crippen LogP contribution in [0.1, 0.15) is 41.5 Å². The number of aromatic nitrogens is 4. The van der Waals surface area contributed by atoms with Gasteiger partial charge in [0.2, 0.25) is 0 Å². The molecule has 0 bridgehead atoms. The summed E-state index contributed by atoms with van der Waals surface area (Å²) in [5.74, 6) is 1.55. The van der Waals surface area contributed by atoms with Crippen LogP contribution in [-0.2, 0) is 6.54 Å². The summed E-state index contributed by atoms with van der Waals surface area (Å²) in [7, 11) is 0. The molecule has 5 nitrogen and oxygen atoms in total. The fraction of sp³-hybridized carbons (Fsp3) is 0.400. The van der Waals surface area contributed by atoms with Crippen LogP contribution in [0.15, 0.2) is 36.7 Å². The predicted molar refractivity (Wildman–Crippen MR) is 99.3 cm³/mol. The summed E-state index contributed by atoms with van der Waals surface area (Å²) < 4.78 is 0. The Labute approximate surface area is 148 Å². The number of imidazole rings is 1. The molecular formula is C20H25N5. The second kappa shape index (κ2) is 6.84. The Morgan fingerprint density at radius 1 is 1.16 bits per heavy atom. The van der Waals surface area contributed by atoms with Crippen molar-refractivity contribution in [1.29, 1.82) is 0 Å². The van der Waals surface area contributed by atoms with Crippen molar-refractivity contribution in [2.24, 2.45) is 0 Å². The number of nitrogens with zero attached hydrogens (tertiary/aromatic N) is 3. The quantitative estimate of drug-likeness (QED) is 0.762. The number of hydrogen-bond donors (Lipinski definition) is 2. The highest BCUT2D eigenvalue weighted by molar-refractivity contribution is 5.66. The first kappa shape index (κ1) is 16.1. The van der Waals surface area contributed by atoms with E-state index in [0.717, 1.165) is 31.2 Å². The van der Waals surface area contributed by atoms with Crippen molar-refractivity contribution in [3.63, 3.8) is 0 Å². The maximum Gasteiger partial charge on any atom is 0.120 e. The lowest BCUT2D eigenvalue weighted by Crippen LogP contribution is -2.34. The molecule has 1 aliphatic heterocycles. The molecular weight excluding hydrogens is 310 g/mol. The van der Waals surface area contributed by atoms with Crippen LogP contribution in [0.25, 0.3) is 11.1 Å². The Bertz CT molecular complexity index is 830. The van der Waals surface area contributed by atoms with E-state index in [-0.39, 0.29) is 0 Å². The highest BCUT2D eigenvalue weighted by Crippen LogP contribution is 2.33. The van der Waals surface area contributed by atoms with Crippen LogP contribution in [0.4, 0.5) is 0 Å². The van der Waals surface area contributed by atoms with E-state index in [0.29, 0.717) is 5.92 Å². The molecule has 2 aromatic heterocycles. The van der Waals surface area contributed by atoms with Crippen molar-refractivity contribution in [1.82, 2.24) is 25.1 Å². The summed E-state index contributed by atoms with van der Waals surface area (Å²) in [5.41, 5.74) is 6.16. The summed E-state index contributed by atoms with van der Waals surface area (Å²) in [4.78, 5) is 10.3. The van der Waals surface area contributed by atoms with Crippen molar-refractivity contribution in [3.05, 3.63) is 59.4 Å². The van der Waals surface area contributed by atoms with Crippen LogP contribution < -0.4 is 0 Å². The first-order valence-electron chi connectivity index (χ1n) is 9.02. The fourth-order valence-electron chi connectivity index (χ4n) is 3.76. The number of aromatic amines is 2. The van der Waals surface area contributed by atoms with Crippen LogP contribution in [-0.4, -0.2) is 38.2 Å². The third-order valence-corrected chi connectivity index (χ3v) is 5.07. The summed E-state index contributed by atoms with van der Waals surface area (Å²) in [5, 5.41) is 7.62. The highest BCUT2D eigenvalue weighted by Gasteiger charge is 2.25. The van der Waals surface area contributed by atoms with Gasteiger partial charge in [0.15, 0.2) is 0 Å². The molecule has 0 amide bonds. The number of piperidine rings is 1. The minimum Gasteiger partial charge on any atom is -0.345 e. The Kier molecular flexibility index (Phi) is 4.40. The van der Waals surface area contributed by atoms with Gasteiger partial charge in [-0.3, -0.25) is 10.00 Å². The minimum atomic E-state index is 0.489. The molecule has 5 heteroatoms. The second-order valence-electron chi connectivity index (χ2n) is 7.15. The zero-order chi connectivity index (χ0) is 17.2. The number of likely N-dealkylation sites (tertiary alicyclic amines) is 1. The summed E-state index contributed by atoms with van der Waals surface area (Å²) in [6.07, 6.45) is 6.28. The first-order chi connectivity index (χ1) is 12.2. The van der Waals surface area contributed by atoms with Crippen molar-refractivity contribution < 1.29 is 0 Å². The van der Waals surface area contributed by atoms with Gasteiger partial charge in [-0.1, -0.05) is 29.8 Å². The van der Waals surface area contributed by atoms with E-state index in [1.807, 2.05) is 19.3 Å². The van der Waals surface area contributed by atoms with E-state index in [9.17, 15) is 0 Å². The molecule has 3 heterocycles. The molecule has 4 rings (SSSR count). The monoisotopic (exact) mass is 335 g/mol. The third-order valence-electron chi connectivity index (χ3n) is 5.07. The molecule has 130 valence electrons. The van der Waals surface area contributed by atoms with Crippen LogP contribution >= 0.6 is 0 Å². The molecule has 2 N–H and O–H groups in total. The molecule has 0 spiro atoms. The summed E-state index contributed by atoms with van der Waals surface area (Å²) >= 11 is 0. The fourth-order valence-corrected chi connectivity index (χ4v) is 3.76. The molecule has 0 radical (unpaired) electrons. The van der Waals surface area contributed by atoms with Crippen LogP contribution in [0.2, 0.25) is 0 Å². The van der Waals surface area contributed by atoms with E-state index in [1.54, 1.807) is 0 Å². The maximum atomic E-state index is 4.45. The van der Waals surface area contributed by atoms with Crippen molar-refractivity contribution >= 4 is 0 Å². The van der Waals surface area contributed by atoms with Crippen molar-refractivity contribution in [2.75, 3.05) is 13.1 Å². The van der Waals surface area contributed by atoms with E-state index in [4.69, 9.17) is 0 Å². The Morgan fingerprint density at radius 3 is 2.76 bits per heavy atom. The van der Waals surface area contributed by atoms with Gasteiger partial charge in [0, 0.05) is 35.6 Å². The minimum absolute atomic E-state index is 0.489. The molecule has 1 atom stereocenters. The van der Waals surface area contributed by atoms with Gasteiger partial charge in [-0.25, -0.2) is 4.98 Å². The van der Waals surface area contributed by atoms with E-state index in [2.05, 4.69) is 56.3 Å². The van der Waals surface area contributed by atoms with Gasteiger partial charge >= 0.3 is 0 Å². The standard InChI is InChI=1S/C20H25N5/c1-14-5-7-16(8-6-14)18-11-22-24-20(18)17-4-3-9-25(12-17)13-19-21-10-15(2)23-19/h5-8,10-11,17H,3-4,9,12-13H2,1-2H3,(H,21,23)(H,22,24). The number of H-pyrrole nitrogens is 2. The SMILES string of the molecule is Cc1ccc(-c2cn[nH]c2C2CCCN(Cc3ncc(C)[nH]3)C2)cc1. The molecule has 1 saturated heterocycles. The average Bonchev–Trinajstić information content (AvgIpc) is 3.25. The molecule has 25 heavy (non-hydrogen) atoms. The third kappa shape index (κ3) is 3.51. The van der Waals surface area contributed by atoms with Gasteiger partial charge in [0.1, 0.15) is 5.82 Å². The second-order valence-corrected chi connectivity index (χ2v) is 7.15. The average molecular weight is 335 g/mol. The first-order valence-corrected chi connectivity index (χ1v) is 9.02. The van der Waals surface area contributed by atoms with E-state index < -0.39 is 0 Å². The number of nitrogens with one attached hydrogen (secondary N) is 2. The smallest absolute Gasteiger partial charge is 0.120 e. The molecule has 1 unspecified atom stereocenters. The van der Waals surface area contributed by atoms with Gasteiger partial charge < -0.3 is 4.98 Å². The van der Waals surface area contributed by atoms with E-state index in [1.165, 1.54) is 35.2 Å². The zero-order valence-corrected chi connectivity index (χ0v) is 14.9. The summed E-state index contributed by atoms with van der Waals surface area (Å²) in [6.45, 7) is 7.23. The summed E-state index contributed by atoms with van der Waals surface area (Å²) in [6, 6.07) is 8.71. The number of rotatable bonds is 4. The molecule has 0 saturated carbocycles. The number of hydrogen-bond acceptors (Lipinski definition) is 3. The number of benzene rings is 1. The molecule has 1 aromatic carbocycles. The largest absolute Gasteiger partial charge is 0.345 e. The van der Waals surface area contributed by atoms with Gasteiger partial charge in [-0.05, 0) is 38.8 Å². The number of aryl methyl sites for hydroxylation is 2. The van der Waals surface area contributed by atoms with Gasteiger partial charge in [0.05, 0.1) is 12.7 Å². The molecule has 0 aliphatic carbocycles. The highest BCUT2D eigenvalue weighted by atomic mass is 15.2. The van der Waals surface area contributed by atoms with Crippen molar-refractivity contribution in [2.45, 2.75) is 39.2 Å². The van der Waals surface area contributed by atoms with Gasteiger partial charge in [-0.15, -0.1) is 0 Å².